The molecule has 0 spiro atoms. The molecule has 0 N–H and O–H groups in total. The molecule has 106 valence electrons. The van der Waals surface area contributed by atoms with Crippen molar-refractivity contribution in [3.63, 3.8) is 0 Å². The average Bonchev–Trinajstić information content (AvgIpc) is 2.54. The minimum absolute atomic E-state index is 0.512. The van der Waals surface area contributed by atoms with Crippen molar-refractivity contribution in [3.05, 3.63) is 70.3 Å². The molecule has 0 bridgehead atoms. The molecule has 0 radical (unpaired) electrons. The van der Waals surface area contributed by atoms with E-state index in [-0.39, 0.29) is 0 Å². The molecule has 2 nitrogen and oxygen atoms in total. The number of para-hydroxylation sites is 1. The maximum Gasteiger partial charge on any atom is 0.120 e. The molecule has 0 saturated heterocycles. The molecule has 1 aromatic heterocycles. The topological polar surface area (TPSA) is 22.1 Å². The lowest BCUT2D eigenvalue weighted by molar-refractivity contribution is 0.307. The monoisotopic (exact) mass is 405 g/mol. The number of ether oxygens (including phenoxy) is 1. The van der Waals surface area contributed by atoms with Crippen molar-refractivity contribution in [1.29, 1.82) is 0 Å². The van der Waals surface area contributed by atoms with Crippen LogP contribution in [0.3, 0.4) is 0 Å². The van der Waals surface area contributed by atoms with E-state index < -0.39 is 0 Å². The number of alkyl halides is 1. The van der Waals surface area contributed by atoms with Crippen LogP contribution in [0.1, 0.15) is 11.1 Å². The van der Waals surface area contributed by atoms with Crippen molar-refractivity contribution in [2.75, 3.05) is 0 Å². The van der Waals surface area contributed by atoms with Crippen LogP contribution < -0.4 is 4.74 Å². The Bertz CT molecular complexity index is 768. The first kappa shape index (κ1) is 14.5. The van der Waals surface area contributed by atoms with Gasteiger partial charge in [0.1, 0.15) is 12.4 Å². The van der Waals surface area contributed by atoms with Crippen molar-refractivity contribution in [2.45, 2.75) is 11.9 Å². The van der Waals surface area contributed by atoms with E-state index in [9.17, 15) is 0 Å². The molecule has 0 aliphatic heterocycles. The molecule has 4 heteroatoms. The van der Waals surface area contributed by atoms with Gasteiger partial charge in [0.25, 0.3) is 0 Å². The second kappa shape index (κ2) is 6.58. The Balaban J connectivity index is 1.83. The lowest BCUT2D eigenvalue weighted by Crippen LogP contribution is -1.98. The summed E-state index contributed by atoms with van der Waals surface area (Å²) in [6.45, 7) is 0.512. The zero-order valence-corrected chi connectivity index (χ0v) is 14.4. The molecule has 0 amide bonds. The summed E-state index contributed by atoms with van der Waals surface area (Å²) in [5.41, 5.74) is 3.26. The van der Waals surface area contributed by atoms with E-state index in [1.165, 1.54) is 5.56 Å². The highest BCUT2D eigenvalue weighted by atomic mass is 79.9. The Morgan fingerprint density at radius 3 is 2.71 bits per heavy atom. The van der Waals surface area contributed by atoms with Crippen molar-refractivity contribution in [3.8, 4) is 5.75 Å². The number of nitrogens with zero attached hydrogens (tertiary/aromatic N) is 1. The normalized spacial score (nSPS) is 10.8. The van der Waals surface area contributed by atoms with Crippen LogP contribution in [-0.2, 0) is 11.9 Å². The molecule has 21 heavy (non-hydrogen) atoms. The summed E-state index contributed by atoms with van der Waals surface area (Å²) in [5, 5.41) is 1.93. The number of benzene rings is 2. The standard InChI is InChI=1S/C17H13Br2NO/c18-10-14-9-15(6-7-16(14)19)21-11-13-4-1-3-12-5-2-8-20-17(12)13/h1-9H,10-11H2. The lowest BCUT2D eigenvalue weighted by atomic mass is 10.1. The van der Waals surface area contributed by atoms with E-state index in [1.54, 1.807) is 0 Å². The Kier molecular flexibility index (Phi) is 4.56. The molecule has 2 aromatic carbocycles. The Hall–Kier alpha value is -1.39. The van der Waals surface area contributed by atoms with E-state index >= 15 is 0 Å². The smallest absolute Gasteiger partial charge is 0.120 e. The first-order chi connectivity index (χ1) is 10.3. The first-order valence-electron chi connectivity index (χ1n) is 6.58. The van der Waals surface area contributed by atoms with Crippen LogP contribution in [-0.4, -0.2) is 4.98 Å². The molecule has 0 saturated carbocycles. The van der Waals surface area contributed by atoms with Crippen LogP contribution in [0.4, 0.5) is 0 Å². The van der Waals surface area contributed by atoms with Gasteiger partial charge in [-0.3, -0.25) is 4.98 Å². The van der Waals surface area contributed by atoms with E-state index in [0.29, 0.717) is 6.61 Å². The summed E-state index contributed by atoms with van der Waals surface area (Å²) >= 11 is 7.00. The van der Waals surface area contributed by atoms with Crippen LogP contribution in [0.25, 0.3) is 10.9 Å². The van der Waals surface area contributed by atoms with Gasteiger partial charge >= 0.3 is 0 Å². The molecule has 3 rings (SSSR count). The zero-order chi connectivity index (χ0) is 14.7. The van der Waals surface area contributed by atoms with E-state index in [1.807, 2.05) is 36.5 Å². The summed E-state index contributed by atoms with van der Waals surface area (Å²) in [5.74, 6) is 0.862. The van der Waals surface area contributed by atoms with Gasteiger partial charge in [-0.1, -0.05) is 56.1 Å². The zero-order valence-electron chi connectivity index (χ0n) is 11.2. The fourth-order valence-corrected chi connectivity index (χ4v) is 3.42. The third kappa shape index (κ3) is 3.27. The Morgan fingerprint density at radius 2 is 1.86 bits per heavy atom. The second-order valence-electron chi connectivity index (χ2n) is 4.67. The van der Waals surface area contributed by atoms with Gasteiger partial charge in [0, 0.05) is 26.9 Å². The Morgan fingerprint density at radius 1 is 1.00 bits per heavy atom. The van der Waals surface area contributed by atoms with Crippen LogP contribution in [0.2, 0.25) is 0 Å². The number of halogens is 2. The highest BCUT2D eigenvalue weighted by Gasteiger charge is 2.05. The fraction of sp³-hybridized carbons (Fsp3) is 0.118. The molecular formula is C17H13Br2NO. The van der Waals surface area contributed by atoms with Gasteiger partial charge in [0.15, 0.2) is 0 Å². The van der Waals surface area contributed by atoms with Crippen LogP contribution in [0.5, 0.6) is 5.75 Å². The van der Waals surface area contributed by atoms with Crippen LogP contribution >= 0.6 is 31.9 Å². The van der Waals surface area contributed by atoms with Crippen molar-refractivity contribution in [2.24, 2.45) is 0 Å². The number of hydrogen-bond donors (Lipinski definition) is 0. The van der Waals surface area contributed by atoms with Gasteiger partial charge in [0.05, 0.1) is 5.52 Å². The average molecular weight is 407 g/mol. The number of pyridine rings is 1. The number of hydrogen-bond acceptors (Lipinski definition) is 2. The summed E-state index contributed by atoms with van der Waals surface area (Å²) in [6.07, 6.45) is 1.81. The number of rotatable bonds is 4. The van der Waals surface area contributed by atoms with Crippen molar-refractivity contribution < 1.29 is 4.74 Å². The molecule has 0 aliphatic rings. The molecule has 0 atom stereocenters. The minimum Gasteiger partial charge on any atom is -0.489 e. The minimum atomic E-state index is 0.512. The van der Waals surface area contributed by atoms with Gasteiger partial charge in [-0.15, -0.1) is 0 Å². The SMILES string of the molecule is BrCc1cc(OCc2cccc3cccnc23)ccc1Br. The van der Waals surface area contributed by atoms with Crippen LogP contribution in [0.15, 0.2) is 59.2 Å². The van der Waals surface area contributed by atoms with E-state index in [0.717, 1.165) is 32.0 Å². The van der Waals surface area contributed by atoms with Gasteiger partial charge < -0.3 is 4.74 Å². The predicted octanol–water partition coefficient (Wildman–Crippen LogP) is 5.47. The maximum atomic E-state index is 5.92. The van der Waals surface area contributed by atoms with Crippen LogP contribution in [0, 0.1) is 0 Å². The van der Waals surface area contributed by atoms with E-state index in [4.69, 9.17) is 4.74 Å². The second-order valence-corrected chi connectivity index (χ2v) is 6.08. The molecule has 0 aliphatic carbocycles. The maximum absolute atomic E-state index is 5.92. The van der Waals surface area contributed by atoms with Gasteiger partial charge in [-0.05, 0) is 29.8 Å². The highest BCUT2D eigenvalue weighted by molar-refractivity contribution is 9.10. The van der Waals surface area contributed by atoms with Gasteiger partial charge in [-0.2, -0.15) is 0 Å². The lowest BCUT2D eigenvalue weighted by Gasteiger charge is -2.10. The predicted molar refractivity (Wildman–Crippen MR) is 92.8 cm³/mol. The summed E-state index contributed by atoms with van der Waals surface area (Å²) in [7, 11) is 0. The molecular weight excluding hydrogens is 394 g/mol. The number of aromatic nitrogens is 1. The van der Waals surface area contributed by atoms with E-state index in [2.05, 4.69) is 55.0 Å². The quantitative estimate of drug-likeness (QED) is 0.536. The summed E-state index contributed by atoms with van der Waals surface area (Å²) in [6, 6.07) is 16.2. The largest absolute Gasteiger partial charge is 0.489 e. The number of fused-ring (bicyclic) bond motifs is 1. The fourth-order valence-electron chi connectivity index (χ4n) is 2.19. The summed E-state index contributed by atoms with van der Waals surface area (Å²) in [4.78, 5) is 4.45. The first-order valence-corrected chi connectivity index (χ1v) is 8.49. The molecule has 0 fully saturated rings. The molecule has 1 heterocycles. The third-order valence-corrected chi connectivity index (χ3v) is 4.65. The highest BCUT2D eigenvalue weighted by Crippen LogP contribution is 2.25. The third-order valence-electron chi connectivity index (χ3n) is 3.27. The Labute approximate surface area is 140 Å². The van der Waals surface area contributed by atoms with Gasteiger partial charge in [-0.25, -0.2) is 0 Å². The van der Waals surface area contributed by atoms with Crippen molar-refractivity contribution in [1.82, 2.24) is 4.98 Å². The van der Waals surface area contributed by atoms with Crippen molar-refractivity contribution >= 4 is 42.8 Å². The molecule has 0 unspecified atom stereocenters. The van der Waals surface area contributed by atoms with Gasteiger partial charge in [0.2, 0.25) is 0 Å². The summed E-state index contributed by atoms with van der Waals surface area (Å²) < 4.78 is 7.00. The molecule has 3 aromatic rings.